The van der Waals surface area contributed by atoms with E-state index >= 15 is 0 Å². The van der Waals surface area contributed by atoms with E-state index in [0.29, 0.717) is 17.0 Å². The van der Waals surface area contributed by atoms with Gasteiger partial charge in [0.2, 0.25) is 0 Å². The van der Waals surface area contributed by atoms with Crippen LogP contribution >= 0.6 is 0 Å². The molecule has 0 amide bonds. The summed E-state index contributed by atoms with van der Waals surface area (Å²) in [5, 5.41) is 2.94. The van der Waals surface area contributed by atoms with Gasteiger partial charge in [-0.2, -0.15) is 0 Å². The molecule has 1 aliphatic heterocycles. The molecule has 3 aromatic rings. The normalized spacial score (nSPS) is 14.2. The number of halogens is 1. The molecule has 32 heavy (non-hydrogen) atoms. The minimum atomic E-state index is -0.410. The number of nitrogen functional groups attached to an aromatic ring is 1. The molecule has 3 N–H and O–H groups in total. The molecular formula is C26H28FN5. The molecule has 6 heteroatoms. The molecule has 0 atom stereocenters. The van der Waals surface area contributed by atoms with Crippen molar-refractivity contribution in [1.29, 1.82) is 0 Å². The van der Waals surface area contributed by atoms with Crippen molar-refractivity contribution >= 4 is 16.9 Å². The highest BCUT2D eigenvalue weighted by molar-refractivity contribution is 5.87. The van der Waals surface area contributed by atoms with E-state index < -0.39 is 5.82 Å². The maximum atomic E-state index is 14.0. The van der Waals surface area contributed by atoms with Crippen LogP contribution in [0.1, 0.15) is 30.4 Å². The number of rotatable bonds is 7. The van der Waals surface area contributed by atoms with Gasteiger partial charge in [-0.05, 0) is 66.9 Å². The third-order valence-electron chi connectivity index (χ3n) is 5.78. The molecule has 1 fully saturated rings. The fourth-order valence-corrected chi connectivity index (χ4v) is 3.97. The van der Waals surface area contributed by atoms with Gasteiger partial charge in [0.25, 0.3) is 0 Å². The summed E-state index contributed by atoms with van der Waals surface area (Å²) in [6.45, 7) is 11.3. The SMILES string of the molecule is C=C(Nc1cnccc1F)C(=C)c1cc(-c2cncc(CN3CCCCC3)c2)ccc1N. The Balaban J connectivity index is 1.54. The number of aromatic nitrogens is 2. The third-order valence-corrected chi connectivity index (χ3v) is 5.78. The van der Waals surface area contributed by atoms with E-state index in [9.17, 15) is 4.39 Å². The van der Waals surface area contributed by atoms with Crippen LogP contribution in [0.3, 0.4) is 0 Å². The van der Waals surface area contributed by atoms with Gasteiger partial charge in [0.15, 0.2) is 0 Å². The average molecular weight is 430 g/mol. The monoisotopic (exact) mass is 429 g/mol. The maximum absolute atomic E-state index is 14.0. The number of likely N-dealkylation sites (tertiary alicyclic amines) is 1. The Morgan fingerprint density at radius 3 is 2.59 bits per heavy atom. The number of anilines is 2. The van der Waals surface area contributed by atoms with E-state index in [2.05, 4.69) is 39.4 Å². The van der Waals surface area contributed by atoms with Crippen LogP contribution in [-0.4, -0.2) is 28.0 Å². The molecule has 3 heterocycles. The zero-order valence-corrected chi connectivity index (χ0v) is 18.1. The highest BCUT2D eigenvalue weighted by atomic mass is 19.1. The van der Waals surface area contributed by atoms with Crippen LogP contribution < -0.4 is 11.1 Å². The summed E-state index contributed by atoms with van der Waals surface area (Å²) >= 11 is 0. The van der Waals surface area contributed by atoms with Crippen LogP contribution in [-0.2, 0) is 6.54 Å². The van der Waals surface area contributed by atoms with Crippen LogP contribution in [0.15, 0.2) is 74.0 Å². The minimum Gasteiger partial charge on any atom is -0.398 e. The highest BCUT2D eigenvalue weighted by Crippen LogP contribution is 2.31. The van der Waals surface area contributed by atoms with Gasteiger partial charge in [-0.25, -0.2) is 4.39 Å². The molecule has 0 radical (unpaired) electrons. The van der Waals surface area contributed by atoms with Gasteiger partial charge < -0.3 is 11.1 Å². The summed E-state index contributed by atoms with van der Waals surface area (Å²) in [5.41, 5.74) is 12.0. The van der Waals surface area contributed by atoms with Crippen molar-refractivity contribution in [3.63, 3.8) is 0 Å². The van der Waals surface area contributed by atoms with Crippen LogP contribution in [0.25, 0.3) is 16.7 Å². The van der Waals surface area contributed by atoms with Crippen molar-refractivity contribution in [2.45, 2.75) is 25.8 Å². The van der Waals surface area contributed by atoms with Gasteiger partial charge in [-0.15, -0.1) is 0 Å². The summed E-state index contributed by atoms with van der Waals surface area (Å²) in [6.07, 6.45) is 10.4. The number of pyridine rings is 2. The first-order chi connectivity index (χ1) is 15.5. The van der Waals surface area contributed by atoms with Crippen molar-refractivity contribution in [2.75, 3.05) is 24.1 Å². The predicted molar refractivity (Wildman–Crippen MR) is 129 cm³/mol. The number of benzene rings is 1. The molecular weight excluding hydrogens is 401 g/mol. The second-order valence-corrected chi connectivity index (χ2v) is 8.16. The Bertz CT molecular complexity index is 1130. The Labute approximate surface area is 188 Å². The number of nitrogens with two attached hydrogens (primary N) is 1. The van der Waals surface area contributed by atoms with E-state index in [0.717, 1.165) is 36.3 Å². The van der Waals surface area contributed by atoms with Crippen molar-refractivity contribution < 1.29 is 4.39 Å². The van der Waals surface area contributed by atoms with Crippen LogP contribution in [0.4, 0.5) is 15.8 Å². The van der Waals surface area contributed by atoms with Gasteiger partial charge >= 0.3 is 0 Å². The molecule has 1 aliphatic rings. The fourth-order valence-electron chi connectivity index (χ4n) is 3.97. The van der Waals surface area contributed by atoms with Gasteiger partial charge in [0.1, 0.15) is 5.82 Å². The average Bonchev–Trinajstić information content (AvgIpc) is 2.81. The molecule has 2 aromatic heterocycles. The van der Waals surface area contributed by atoms with Crippen LogP contribution in [0.2, 0.25) is 0 Å². The van der Waals surface area contributed by atoms with E-state index in [1.54, 1.807) is 0 Å². The zero-order chi connectivity index (χ0) is 22.5. The second kappa shape index (κ2) is 9.75. The number of hydrogen-bond donors (Lipinski definition) is 2. The Morgan fingerprint density at radius 2 is 1.81 bits per heavy atom. The number of hydrogen-bond acceptors (Lipinski definition) is 5. The molecule has 0 unspecified atom stereocenters. The van der Waals surface area contributed by atoms with Crippen LogP contribution in [0, 0.1) is 5.82 Å². The van der Waals surface area contributed by atoms with Crippen molar-refractivity contribution in [1.82, 2.24) is 14.9 Å². The predicted octanol–water partition coefficient (Wildman–Crippen LogP) is 5.49. The third kappa shape index (κ3) is 5.03. The molecule has 0 aliphatic carbocycles. The lowest BCUT2D eigenvalue weighted by molar-refractivity contribution is 0.220. The lowest BCUT2D eigenvalue weighted by Crippen LogP contribution is -2.29. The standard InChI is InChI=1S/C26H28FN5/c1-18(19(2)31-26-16-29-9-8-24(26)27)23-13-21(6-7-25(23)28)22-12-20(14-30-15-22)17-32-10-4-3-5-11-32/h6-9,12-16,31H,1-5,10-11,17,28H2. The molecule has 0 saturated carbocycles. The Morgan fingerprint density at radius 1 is 1.00 bits per heavy atom. The summed E-state index contributed by atoms with van der Waals surface area (Å²) in [6, 6.07) is 9.27. The first-order valence-electron chi connectivity index (χ1n) is 10.8. The van der Waals surface area contributed by atoms with Crippen molar-refractivity contribution in [3.05, 3.63) is 90.9 Å². The molecule has 1 aromatic carbocycles. The molecule has 4 rings (SSSR count). The Hall–Kier alpha value is -3.51. The topological polar surface area (TPSA) is 67.1 Å². The van der Waals surface area contributed by atoms with Gasteiger partial charge in [-0.3, -0.25) is 14.9 Å². The lowest BCUT2D eigenvalue weighted by Gasteiger charge is -2.26. The Kier molecular flexibility index (Phi) is 6.61. The first-order valence-corrected chi connectivity index (χ1v) is 10.8. The molecule has 164 valence electrons. The highest BCUT2D eigenvalue weighted by Gasteiger charge is 2.13. The number of allylic oxidation sites excluding steroid dienone is 1. The van der Waals surface area contributed by atoms with E-state index in [1.807, 2.05) is 30.6 Å². The minimum absolute atomic E-state index is 0.239. The molecule has 5 nitrogen and oxygen atoms in total. The number of nitrogens with zero attached hydrogens (tertiary/aromatic N) is 3. The van der Waals surface area contributed by atoms with E-state index in [4.69, 9.17) is 5.73 Å². The summed E-state index contributed by atoms with van der Waals surface area (Å²) in [7, 11) is 0. The lowest BCUT2D eigenvalue weighted by atomic mass is 9.97. The fraction of sp³-hybridized carbons (Fsp3) is 0.231. The zero-order valence-electron chi connectivity index (χ0n) is 18.1. The largest absolute Gasteiger partial charge is 0.398 e. The molecule has 0 spiro atoms. The maximum Gasteiger partial charge on any atom is 0.149 e. The van der Waals surface area contributed by atoms with Crippen molar-refractivity contribution in [2.24, 2.45) is 0 Å². The van der Waals surface area contributed by atoms with E-state index in [1.165, 1.54) is 43.3 Å². The van der Waals surface area contributed by atoms with Crippen molar-refractivity contribution in [3.8, 4) is 11.1 Å². The summed E-state index contributed by atoms with van der Waals surface area (Å²) < 4.78 is 14.0. The second-order valence-electron chi connectivity index (χ2n) is 8.16. The number of nitrogens with one attached hydrogen (secondary N) is 1. The van der Waals surface area contributed by atoms with Crippen LogP contribution in [0.5, 0.6) is 0 Å². The smallest absolute Gasteiger partial charge is 0.149 e. The van der Waals surface area contributed by atoms with Gasteiger partial charge in [-0.1, -0.05) is 25.6 Å². The van der Waals surface area contributed by atoms with E-state index in [-0.39, 0.29) is 5.69 Å². The summed E-state index contributed by atoms with van der Waals surface area (Å²) in [4.78, 5) is 10.9. The molecule has 0 bridgehead atoms. The summed E-state index contributed by atoms with van der Waals surface area (Å²) in [5.74, 6) is -0.410. The van der Waals surface area contributed by atoms with Gasteiger partial charge in [0, 0.05) is 47.6 Å². The quantitative estimate of drug-likeness (QED) is 0.384. The number of piperidine rings is 1. The molecule has 1 saturated heterocycles. The van der Waals surface area contributed by atoms with Gasteiger partial charge in [0.05, 0.1) is 11.9 Å². The first kappa shape index (κ1) is 21.7.